The Bertz CT molecular complexity index is 393. The van der Waals surface area contributed by atoms with Crippen LogP contribution in [0.15, 0.2) is 24.3 Å². The van der Waals surface area contributed by atoms with E-state index in [1.54, 1.807) is 7.11 Å². The molecule has 0 amide bonds. The van der Waals surface area contributed by atoms with E-state index in [0.717, 1.165) is 17.7 Å². The van der Waals surface area contributed by atoms with Gasteiger partial charge in [0.15, 0.2) is 0 Å². The molecular formula is C15H23NO3. The fourth-order valence-corrected chi connectivity index (χ4v) is 2.09. The highest BCUT2D eigenvalue weighted by molar-refractivity contribution is 5.70. The Hall–Kier alpha value is -1.39. The third-order valence-electron chi connectivity index (χ3n) is 2.86. The van der Waals surface area contributed by atoms with E-state index >= 15 is 0 Å². The fraction of sp³-hybridized carbons (Fsp3) is 0.533. The van der Waals surface area contributed by atoms with Crippen molar-refractivity contribution in [2.75, 3.05) is 20.3 Å². The minimum Gasteiger partial charge on any atom is -0.466 e. The van der Waals surface area contributed by atoms with E-state index in [-0.39, 0.29) is 12.0 Å². The van der Waals surface area contributed by atoms with Gasteiger partial charge in [0.2, 0.25) is 0 Å². The van der Waals surface area contributed by atoms with Crippen molar-refractivity contribution in [2.45, 2.75) is 32.9 Å². The molecular weight excluding hydrogens is 242 g/mol. The highest BCUT2D eigenvalue weighted by Crippen LogP contribution is 2.22. The topological polar surface area (TPSA) is 47.6 Å². The summed E-state index contributed by atoms with van der Waals surface area (Å²) in [6.45, 7) is 5.60. The van der Waals surface area contributed by atoms with Crippen LogP contribution in [-0.2, 0) is 20.9 Å². The zero-order valence-corrected chi connectivity index (χ0v) is 11.9. The lowest BCUT2D eigenvalue weighted by molar-refractivity contribution is -0.143. The lowest BCUT2D eigenvalue weighted by Gasteiger charge is -2.20. The van der Waals surface area contributed by atoms with Gasteiger partial charge in [0.05, 0.1) is 19.6 Å². The van der Waals surface area contributed by atoms with Crippen LogP contribution in [0.25, 0.3) is 0 Å². The monoisotopic (exact) mass is 265 g/mol. The molecule has 19 heavy (non-hydrogen) atoms. The van der Waals surface area contributed by atoms with Crippen molar-refractivity contribution in [1.29, 1.82) is 0 Å². The highest BCUT2D eigenvalue weighted by atomic mass is 16.5. The third kappa shape index (κ3) is 5.01. The summed E-state index contributed by atoms with van der Waals surface area (Å²) in [5.41, 5.74) is 2.19. The first-order valence-corrected chi connectivity index (χ1v) is 6.68. The quantitative estimate of drug-likeness (QED) is 0.733. The number of benzene rings is 1. The van der Waals surface area contributed by atoms with Gasteiger partial charge >= 0.3 is 5.97 Å². The SMILES string of the molecule is CCNC(CC(=O)OCC)c1ccccc1COC. The summed E-state index contributed by atoms with van der Waals surface area (Å²) in [6.07, 6.45) is 0.336. The standard InChI is InChI=1S/C15H23NO3/c1-4-16-14(10-15(17)19-5-2)13-9-7-6-8-12(13)11-18-3/h6-9,14,16H,4-5,10-11H2,1-3H3. The molecule has 0 aromatic heterocycles. The number of esters is 1. The van der Waals surface area contributed by atoms with Crippen molar-refractivity contribution >= 4 is 5.97 Å². The van der Waals surface area contributed by atoms with E-state index in [0.29, 0.717) is 19.6 Å². The summed E-state index contributed by atoms with van der Waals surface area (Å²) in [5, 5.41) is 3.33. The summed E-state index contributed by atoms with van der Waals surface area (Å²) >= 11 is 0. The van der Waals surface area contributed by atoms with E-state index in [9.17, 15) is 4.79 Å². The van der Waals surface area contributed by atoms with Crippen LogP contribution in [-0.4, -0.2) is 26.2 Å². The molecule has 0 fully saturated rings. The number of nitrogens with one attached hydrogen (secondary N) is 1. The Morgan fingerprint density at radius 2 is 2.05 bits per heavy atom. The molecule has 0 saturated carbocycles. The van der Waals surface area contributed by atoms with Crippen molar-refractivity contribution < 1.29 is 14.3 Å². The first-order valence-electron chi connectivity index (χ1n) is 6.68. The minimum absolute atomic E-state index is 0.0320. The van der Waals surface area contributed by atoms with Gasteiger partial charge in [-0.15, -0.1) is 0 Å². The molecule has 1 aromatic rings. The van der Waals surface area contributed by atoms with Crippen molar-refractivity contribution in [1.82, 2.24) is 5.32 Å². The lowest BCUT2D eigenvalue weighted by atomic mass is 9.98. The molecule has 0 bridgehead atoms. The third-order valence-corrected chi connectivity index (χ3v) is 2.86. The predicted molar refractivity (Wildman–Crippen MR) is 74.8 cm³/mol. The molecule has 0 saturated heterocycles. The van der Waals surface area contributed by atoms with Crippen LogP contribution in [0.3, 0.4) is 0 Å². The smallest absolute Gasteiger partial charge is 0.307 e. The van der Waals surface area contributed by atoms with Gasteiger partial charge in [-0.3, -0.25) is 4.79 Å². The van der Waals surface area contributed by atoms with Crippen molar-refractivity contribution in [3.05, 3.63) is 35.4 Å². The molecule has 0 aliphatic rings. The molecule has 1 aromatic carbocycles. The summed E-state index contributed by atoms with van der Waals surface area (Å²) in [7, 11) is 1.67. The van der Waals surface area contributed by atoms with Crippen LogP contribution in [0.1, 0.15) is 37.4 Å². The van der Waals surface area contributed by atoms with E-state index in [2.05, 4.69) is 5.32 Å². The van der Waals surface area contributed by atoms with Crippen LogP contribution < -0.4 is 5.32 Å². The molecule has 4 heteroatoms. The van der Waals surface area contributed by atoms with Crippen molar-refractivity contribution in [3.8, 4) is 0 Å². The normalized spacial score (nSPS) is 12.2. The Morgan fingerprint density at radius 3 is 2.68 bits per heavy atom. The molecule has 1 unspecified atom stereocenters. The number of carbonyl (C=O) groups is 1. The van der Waals surface area contributed by atoms with Gasteiger partial charge in [0, 0.05) is 13.2 Å². The molecule has 0 spiro atoms. The Balaban J connectivity index is 2.88. The first kappa shape index (κ1) is 15.7. The number of ether oxygens (including phenoxy) is 2. The average Bonchev–Trinajstić information content (AvgIpc) is 2.39. The zero-order valence-electron chi connectivity index (χ0n) is 11.9. The van der Waals surface area contributed by atoms with Gasteiger partial charge in [-0.2, -0.15) is 0 Å². The largest absolute Gasteiger partial charge is 0.466 e. The second kappa shape index (κ2) is 8.67. The maximum atomic E-state index is 11.7. The number of rotatable bonds is 8. The lowest BCUT2D eigenvalue weighted by Crippen LogP contribution is -2.25. The molecule has 0 heterocycles. The van der Waals surface area contributed by atoms with E-state index in [1.165, 1.54) is 0 Å². The van der Waals surface area contributed by atoms with Crippen LogP contribution in [0, 0.1) is 0 Å². The number of hydrogen-bond acceptors (Lipinski definition) is 4. The number of methoxy groups -OCH3 is 1. The number of carbonyl (C=O) groups excluding carboxylic acids is 1. The summed E-state index contributed by atoms with van der Waals surface area (Å²) < 4.78 is 10.2. The predicted octanol–water partition coefficient (Wildman–Crippen LogP) is 2.44. The fourth-order valence-electron chi connectivity index (χ4n) is 2.09. The summed E-state index contributed by atoms with van der Waals surface area (Å²) in [6, 6.07) is 7.97. The van der Waals surface area contributed by atoms with Gasteiger partial charge in [-0.1, -0.05) is 31.2 Å². The van der Waals surface area contributed by atoms with E-state index < -0.39 is 0 Å². The van der Waals surface area contributed by atoms with Gasteiger partial charge in [0.1, 0.15) is 0 Å². The second-order valence-electron chi connectivity index (χ2n) is 4.25. The maximum Gasteiger partial charge on any atom is 0.307 e. The van der Waals surface area contributed by atoms with Crippen molar-refractivity contribution in [3.63, 3.8) is 0 Å². The molecule has 0 aliphatic heterocycles. The second-order valence-corrected chi connectivity index (χ2v) is 4.25. The molecule has 1 atom stereocenters. The van der Waals surface area contributed by atoms with E-state index in [4.69, 9.17) is 9.47 Å². The molecule has 4 nitrogen and oxygen atoms in total. The highest BCUT2D eigenvalue weighted by Gasteiger charge is 2.18. The van der Waals surface area contributed by atoms with Crippen LogP contribution in [0.4, 0.5) is 0 Å². The van der Waals surface area contributed by atoms with E-state index in [1.807, 2.05) is 38.1 Å². The molecule has 0 radical (unpaired) electrons. The van der Waals surface area contributed by atoms with Gasteiger partial charge in [-0.05, 0) is 24.6 Å². The van der Waals surface area contributed by atoms with Crippen LogP contribution >= 0.6 is 0 Å². The zero-order chi connectivity index (χ0) is 14.1. The minimum atomic E-state index is -0.180. The average molecular weight is 265 g/mol. The molecule has 0 aliphatic carbocycles. The molecule has 1 rings (SSSR count). The maximum absolute atomic E-state index is 11.7. The van der Waals surface area contributed by atoms with Crippen LogP contribution in [0.5, 0.6) is 0 Å². The molecule has 106 valence electrons. The summed E-state index contributed by atoms with van der Waals surface area (Å²) in [5.74, 6) is -0.180. The number of hydrogen-bond donors (Lipinski definition) is 1. The Morgan fingerprint density at radius 1 is 1.32 bits per heavy atom. The molecule has 1 N–H and O–H groups in total. The first-order chi connectivity index (χ1) is 9.22. The van der Waals surface area contributed by atoms with Gasteiger partial charge in [0.25, 0.3) is 0 Å². The Kier molecular flexibility index (Phi) is 7.15. The summed E-state index contributed by atoms with van der Waals surface area (Å²) in [4.78, 5) is 11.7. The van der Waals surface area contributed by atoms with Crippen LogP contribution in [0.2, 0.25) is 0 Å². The van der Waals surface area contributed by atoms with Crippen molar-refractivity contribution in [2.24, 2.45) is 0 Å². The van der Waals surface area contributed by atoms with Gasteiger partial charge in [-0.25, -0.2) is 0 Å². The van der Waals surface area contributed by atoms with Gasteiger partial charge < -0.3 is 14.8 Å². The Labute approximate surface area is 115 Å².